The minimum atomic E-state index is -0.878. The summed E-state index contributed by atoms with van der Waals surface area (Å²) in [5.74, 6) is 1.39. The van der Waals surface area contributed by atoms with Crippen LogP contribution in [0.25, 0.3) is 0 Å². The first-order valence-corrected chi connectivity index (χ1v) is 8.79. The molecule has 26 heavy (non-hydrogen) atoms. The van der Waals surface area contributed by atoms with E-state index in [9.17, 15) is 9.50 Å². The molecule has 0 aromatic heterocycles. The molecular formula is C21H27FO4. The molecule has 5 heteroatoms. The maximum atomic E-state index is 12.1. The maximum Gasteiger partial charge on any atom is 0.119 e. The van der Waals surface area contributed by atoms with Gasteiger partial charge in [-0.15, -0.1) is 0 Å². The van der Waals surface area contributed by atoms with Gasteiger partial charge in [0.1, 0.15) is 24.2 Å². The highest BCUT2D eigenvalue weighted by molar-refractivity contribution is 5.41. The van der Waals surface area contributed by atoms with E-state index in [-0.39, 0.29) is 25.3 Å². The number of ether oxygens (including phenoxy) is 2. The minimum Gasteiger partial charge on any atom is -0.494 e. The second kappa shape index (κ2) is 9.55. The molecule has 0 fully saturated rings. The van der Waals surface area contributed by atoms with Crippen LogP contribution in [0.15, 0.2) is 48.5 Å². The molecular weight excluding hydrogens is 335 g/mol. The molecule has 0 bridgehead atoms. The summed E-state index contributed by atoms with van der Waals surface area (Å²) in [7, 11) is 0. The minimum absolute atomic E-state index is 0.0586. The lowest BCUT2D eigenvalue weighted by Gasteiger charge is -2.26. The van der Waals surface area contributed by atoms with E-state index >= 15 is 0 Å². The van der Waals surface area contributed by atoms with Gasteiger partial charge in [-0.25, -0.2) is 0 Å². The molecule has 0 saturated heterocycles. The summed E-state index contributed by atoms with van der Waals surface area (Å²) in [6.07, 6.45) is -0.478. The molecule has 0 aliphatic carbocycles. The van der Waals surface area contributed by atoms with Gasteiger partial charge >= 0.3 is 0 Å². The second-order valence-electron chi connectivity index (χ2n) is 6.71. The molecule has 0 spiro atoms. The van der Waals surface area contributed by atoms with E-state index in [2.05, 4.69) is 13.8 Å². The van der Waals surface area contributed by atoms with Gasteiger partial charge in [0, 0.05) is 11.8 Å². The first-order chi connectivity index (χ1) is 12.5. The molecule has 2 aromatic rings. The van der Waals surface area contributed by atoms with Crippen molar-refractivity contribution >= 4 is 0 Å². The number of hydrogen-bond donors (Lipinski definition) is 2. The third-order valence-corrected chi connectivity index (χ3v) is 4.35. The van der Waals surface area contributed by atoms with Crippen LogP contribution in [-0.2, 0) is 5.41 Å². The predicted molar refractivity (Wildman–Crippen MR) is 99.7 cm³/mol. The lowest BCUT2D eigenvalue weighted by molar-refractivity contribution is 0.0536. The van der Waals surface area contributed by atoms with Crippen LogP contribution >= 0.6 is 0 Å². The van der Waals surface area contributed by atoms with E-state index in [1.165, 1.54) is 0 Å². The molecule has 4 nitrogen and oxygen atoms in total. The van der Waals surface area contributed by atoms with Crippen molar-refractivity contribution < 1.29 is 24.1 Å². The van der Waals surface area contributed by atoms with Gasteiger partial charge in [0.25, 0.3) is 0 Å². The Hall–Kier alpha value is -2.11. The zero-order valence-corrected chi connectivity index (χ0v) is 15.3. The van der Waals surface area contributed by atoms with Gasteiger partial charge in [0.15, 0.2) is 0 Å². The SMILES string of the molecule is CC(C)(c1ccc(OCCCF)cc1)c1ccc(OCC(O)CO)cc1. The van der Waals surface area contributed by atoms with Crippen molar-refractivity contribution in [2.75, 3.05) is 26.5 Å². The summed E-state index contributed by atoms with van der Waals surface area (Å²) in [6.45, 7) is 4.02. The smallest absolute Gasteiger partial charge is 0.119 e. The second-order valence-corrected chi connectivity index (χ2v) is 6.71. The number of halogens is 1. The Morgan fingerprint density at radius 2 is 1.42 bits per heavy atom. The zero-order chi connectivity index (χ0) is 19.0. The first-order valence-electron chi connectivity index (χ1n) is 8.79. The van der Waals surface area contributed by atoms with Crippen LogP contribution in [-0.4, -0.2) is 42.8 Å². The van der Waals surface area contributed by atoms with Crippen LogP contribution in [0.1, 0.15) is 31.4 Å². The highest BCUT2D eigenvalue weighted by atomic mass is 19.1. The number of rotatable bonds is 10. The third kappa shape index (κ3) is 5.44. The summed E-state index contributed by atoms with van der Waals surface area (Å²) in [6, 6.07) is 15.6. The van der Waals surface area contributed by atoms with Gasteiger partial charge in [-0.1, -0.05) is 38.1 Å². The number of aliphatic hydroxyl groups excluding tert-OH is 2. The number of alkyl halides is 1. The number of benzene rings is 2. The Morgan fingerprint density at radius 3 is 1.88 bits per heavy atom. The fraction of sp³-hybridized carbons (Fsp3) is 0.429. The molecule has 1 atom stereocenters. The highest BCUT2D eigenvalue weighted by Gasteiger charge is 2.23. The average molecular weight is 362 g/mol. The molecule has 0 radical (unpaired) electrons. The number of aliphatic hydroxyl groups is 2. The largest absolute Gasteiger partial charge is 0.494 e. The van der Waals surface area contributed by atoms with Crippen molar-refractivity contribution in [3.05, 3.63) is 59.7 Å². The molecule has 2 aromatic carbocycles. The van der Waals surface area contributed by atoms with Gasteiger partial charge < -0.3 is 19.7 Å². The first kappa shape index (κ1) is 20.2. The Kier molecular flexibility index (Phi) is 7.42. The summed E-state index contributed by atoms with van der Waals surface area (Å²) in [4.78, 5) is 0. The van der Waals surface area contributed by atoms with Crippen molar-refractivity contribution in [1.82, 2.24) is 0 Å². The fourth-order valence-corrected chi connectivity index (χ4v) is 2.59. The standard InChI is InChI=1S/C21H27FO4/c1-21(2,16-4-8-19(9-5-16)25-13-3-12-22)17-6-10-20(11-7-17)26-15-18(24)14-23/h4-11,18,23-24H,3,12-15H2,1-2H3. The average Bonchev–Trinajstić information content (AvgIpc) is 2.67. The quantitative estimate of drug-likeness (QED) is 0.635. The van der Waals surface area contributed by atoms with Crippen molar-refractivity contribution in [2.24, 2.45) is 0 Å². The van der Waals surface area contributed by atoms with Crippen molar-refractivity contribution in [2.45, 2.75) is 31.8 Å². The molecule has 2 N–H and O–H groups in total. The molecule has 0 saturated carbocycles. The molecule has 1 unspecified atom stereocenters. The molecule has 142 valence electrons. The molecule has 2 rings (SSSR count). The van der Waals surface area contributed by atoms with E-state index in [4.69, 9.17) is 14.6 Å². The monoisotopic (exact) mass is 362 g/mol. The van der Waals surface area contributed by atoms with E-state index < -0.39 is 6.10 Å². The normalized spacial score (nSPS) is 12.7. The Bertz CT molecular complexity index is 653. The maximum absolute atomic E-state index is 12.1. The summed E-state index contributed by atoms with van der Waals surface area (Å²) in [5, 5.41) is 18.2. The van der Waals surface area contributed by atoms with E-state index in [0.29, 0.717) is 18.8 Å². The highest BCUT2D eigenvalue weighted by Crippen LogP contribution is 2.33. The summed E-state index contributed by atoms with van der Waals surface area (Å²) >= 11 is 0. The van der Waals surface area contributed by atoms with Crippen molar-refractivity contribution in [1.29, 1.82) is 0 Å². The summed E-state index contributed by atoms with van der Waals surface area (Å²) in [5.41, 5.74) is 2.05. The Morgan fingerprint density at radius 1 is 0.923 bits per heavy atom. The Balaban J connectivity index is 2.04. The molecule has 0 aliphatic heterocycles. The van der Waals surface area contributed by atoms with Gasteiger partial charge in [0.05, 0.1) is 19.9 Å². The lowest BCUT2D eigenvalue weighted by atomic mass is 9.78. The third-order valence-electron chi connectivity index (χ3n) is 4.35. The molecule has 0 aliphatic rings. The number of hydrogen-bond acceptors (Lipinski definition) is 4. The van der Waals surface area contributed by atoms with Crippen LogP contribution in [0.4, 0.5) is 4.39 Å². The topological polar surface area (TPSA) is 58.9 Å². The van der Waals surface area contributed by atoms with Gasteiger partial charge in [-0.2, -0.15) is 0 Å². The van der Waals surface area contributed by atoms with Crippen LogP contribution < -0.4 is 9.47 Å². The fourth-order valence-electron chi connectivity index (χ4n) is 2.59. The van der Waals surface area contributed by atoms with Gasteiger partial charge in [-0.3, -0.25) is 4.39 Å². The van der Waals surface area contributed by atoms with E-state index in [1.54, 1.807) is 0 Å². The van der Waals surface area contributed by atoms with Crippen LogP contribution in [0, 0.1) is 0 Å². The van der Waals surface area contributed by atoms with Crippen molar-refractivity contribution in [3.8, 4) is 11.5 Å². The lowest BCUT2D eigenvalue weighted by Crippen LogP contribution is -2.21. The summed E-state index contributed by atoms with van der Waals surface area (Å²) < 4.78 is 23.1. The van der Waals surface area contributed by atoms with Gasteiger partial charge in [-0.05, 0) is 35.4 Å². The zero-order valence-electron chi connectivity index (χ0n) is 15.3. The van der Waals surface area contributed by atoms with Crippen molar-refractivity contribution in [3.63, 3.8) is 0 Å². The predicted octanol–water partition coefficient (Wildman–Crippen LogP) is 3.48. The molecule has 0 amide bonds. The van der Waals surface area contributed by atoms with Crippen LogP contribution in [0.5, 0.6) is 11.5 Å². The Labute approximate surface area is 154 Å². The molecule has 0 heterocycles. The van der Waals surface area contributed by atoms with Crippen LogP contribution in [0.3, 0.4) is 0 Å². The van der Waals surface area contributed by atoms with Crippen LogP contribution in [0.2, 0.25) is 0 Å². The van der Waals surface area contributed by atoms with Gasteiger partial charge in [0.2, 0.25) is 0 Å². The van der Waals surface area contributed by atoms with E-state index in [0.717, 1.165) is 16.9 Å². The van der Waals surface area contributed by atoms with E-state index in [1.807, 2.05) is 48.5 Å².